The van der Waals surface area contributed by atoms with Gasteiger partial charge in [-0.2, -0.15) is 0 Å². The first-order valence-electron chi connectivity index (χ1n) is 7.65. The summed E-state index contributed by atoms with van der Waals surface area (Å²) in [4.78, 5) is 14.6. The van der Waals surface area contributed by atoms with Crippen LogP contribution in [0.1, 0.15) is 12.8 Å². The number of para-hydroxylation sites is 2. The number of piperidine rings is 1. The first-order chi connectivity index (χ1) is 10.3. The van der Waals surface area contributed by atoms with Crippen LogP contribution < -0.4 is 10.6 Å². The van der Waals surface area contributed by atoms with Crippen molar-refractivity contribution in [3.8, 4) is 0 Å². The lowest BCUT2D eigenvalue weighted by atomic mass is 9.97. The monoisotopic (exact) mass is 289 g/mol. The summed E-state index contributed by atoms with van der Waals surface area (Å²) in [7, 11) is 1.74. The smallest absolute Gasteiger partial charge is 0.246 e. The lowest BCUT2D eigenvalue weighted by Crippen LogP contribution is -2.50. The van der Waals surface area contributed by atoms with Gasteiger partial charge in [0.15, 0.2) is 0 Å². The zero-order chi connectivity index (χ0) is 14.7. The number of rotatable bonds is 3. The number of carbonyl (C=O) groups is 1. The molecule has 1 amide bonds. The largest absolute Gasteiger partial charge is 0.384 e. The summed E-state index contributed by atoms with van der Waals surface area (Å²) >= 11 is 0. The van der Waals surface area contributed by atoms with Crippen LogP contribution in [0.25, 0.3) is 0 Å². The predicted molar refractivity (Wildman–Crippen MR) is 83.5 cm³/mol. The molecule has 0 saturated carbocycles. The molecule has 1 fully saturated rings. The van der Waals surface area contributed by atoms with Gasteiger partial charge in [0.2, 0.25) is 5.91 Å². The van der Waals surface area contributed by atoms with Crippen LogP contribution in [-0.4, -0.2) is 50.2 Å². The quantitative estimate of drug-likeness (QED) is 0.890. The first kappa shape index (κ1) is 14.2. The highest BCUT2D eigenvalue weighted by Crippen LogP contribution is 2.26. The Morgan fingerprint density at radius 1 is 1.29 bits per heavy atom. The molecule has 3 rings (SSSR count). The van der Waals surface area contributed by atoms with Crippen LogP contribution in [0.4, 0.5) is 11.4 Å². The number of likely N-dealkylation sites (tertiary alicyclic amines) is 1. The molecule has 114 valence electrons. The van der Waals surface area contributed by atoms with Crippen molar-refractivity contribution in [1.82, 2.24) is 4.90 Å². The normalized spacial score (nSPS) is 22.1. The first-order valence-corrected chi connectivity index (χ1v) is 7.65. The third-order valence-electron chi connectivity index (χ3n) is 4.38. The van der Waals surface area contributed by atoms with Gasteiger partial charge in [-0.25, -0.2) is 0 Å². The Morgan fingerprint density at radius 3 is 2.71 bits per heavy atom. The minimum Gasteiger partial charge on any atom is -0.384 e. The molecule has 2 aliphatic heterocycles. The number of nitrogens with one attached hydrogen (secondary N) is 2. The third-order valence-corrected chi connectivity index (χ3v) is 4.38. The molecule has 1 atom stereocenters. The Morgan fingerprint density at radius 2 is 2.00 bits per heavy atom. The van der Waals surface area contributed by atoms with Gasteiger partial charge < -0.3 is 20.3 Å². The van der Waals surface area contributed by atoms with Crippen LogP contribution in [0.2, 0.25) is 0 Å². The number of hydrogen-bond acceptors (Lipinski definition) is 4. The summed E-state index contributed by atoms with van der Waals surface area (Å²) in [6.45, 7) is 3.13. The summed E-state index contributed by atoms with van der Waals surface area (Å²) < 4.78 is 5.21. The minimum atomic E-state index is -0.168. The van der Waals surface area contributed by atoms with Crippen LogP contribution in [0.5, 0.6) is 0 Å². The number of benzene rings is 1. The standard InChI is InChI=1S/C16H23N3O2/c1-21-11-12-6-8-19(9-7-12)16(20)15-10-17-13-4-2-3-5-14(13)18-15/h2-5,12,15,17-18H,6-11H2,1H3. The van der Waals surface area contributed by atoms with Gasteiger partial charge in [-0.05, 0) is 30.9 Å². The fourth-order valence-corrected chi connectivity index (χ4v) is 3.14. The molecule has 0 aliphatic carbocycles. The topological polar surface area (TPSA) is 53.6 Å². The number of ether oxygens (including phenoxy) is 1. The molecule has 1 aromatic carbocycles. The van der Waals surface area contributed by atoms with Gasteiger partial charge in [-0.1, -0.05) is 12.1 Å². The number of hydrogen-bond donors (Lipinski definition) is 2. The Labute approximate surface area is 125 Å². The molecular formula is C16H23N3O2. The minimum absolute atomic E-state index is 0.168. The SMILES string of the molecule is COCC1CCN(C(=O)C2CNc3ccccc3N2)CC1. The second-order valence-electron chi connectivity index (χ2n) is 5.85. The molecular weight excluding hydrogens is 266 g/mol. The van der Waals surface area contributed by atoms with Crippen LogP contribution in [0, 0.1) is 5.92 Å². The zero-order valence-electron chi connectivity index (χ0n) is 12.5. The van der Waals surface area contributed by atoms with Crippen molar-refractivity contribution in [3.05, 3.63) is 24.3 Å². The highest BCUT2D eigenvalue weighted by atomic mass is 16.5. The Kier molecular flexibility index (Phi) is 4.29. The average Bonchev–Trinajstić information content (AvgIpc) is 2.55. The number of carbonyl (C=O) groups excluding carboxylic acids is 1. The van der Waals surface area contributed by atoms with E-state index in [1.165, 1.54) is 0 Å². The van der Waals surface area contributed by atoms with Crippen LogP contribution in [-0.2, 0) is 9.53 Å². The maximum absolute atomic E-state index is 12.6. The van der Waals surface area contributed by atoms with Gasteiger partial charge in [0.05, 0.1) is 11.4 Å². The van der Waals surface area contributed by atoms with Crippen molar-refractivity contribution in [2.45, 2.75) is 18.9 Å². The van der Waals surface area contributed by atoms with Gasteiger partial charge in [0.25, 0.3) is 0 Å². The molecule has 21 heavy (non-hydrogen) atoms. The summed E-state index contributed by atoms with van der Waals surface area (Å²) in [6, 6.07) is 7.84. The van der Waals surface area contributed by atoms with E-state index in [1.54, 1.807) is 7.11 Å². The number of fused-ring (bicyclic) bond motifs is 1. The molecule has 1 saturated heterocycles. The molecule has 2 aliphatic rings. The Bertz CT molecular complexity index is 498. The van der Waals surface area contributed by atoms with E-state index in [1.807, 2.05) is 29.2 Å². The van der Waals surface area contributed by atoms with Crippen molar-refractivity contribution in [3.63, 3.8) is 0 Å². The summed E-state index contributed by atoms with van der Waals surface area (Å²) in [5, 5.41) is 6.68. The van der Waals surface area contributed by atoms with Crippen molar-refractivity contribution < 1.29 is 9.53 Å². The molecule has 2 N–H and O–H groups in total. The number of amides is 1. The highest BCUT2D eigenvalue weighted by molar-refractivity contribution is 5.88. The Balaban J connectivity index is 1.57. The van der Waals surface area contributed by atoms with Crippen molar-refractivity contribution in [2.75, 3.05) is 44.0 Å². The van der Waals surface area contributed by atoms with E-state index < -0.39 is 0 Å². The predicted octanol–water partition coefficient (Wildman–Crippen LogP) is 1.78. The third kappa shape index (κ3) is 3.13. The number of nitrogens with zero attached hydrogens (tertiary/aromatic N) is 1. The fraction of sp³-hybridized carbons (Fsp3) is 0.562. The van der Waals surface area contributed by atoms with Gasteiger partial charge in [-0.3, -0.25) is 4.79 Å². The molecule has 1 unspecified atom stereocenters. The van der Waals surface area contributed by atoms with E-state index in [2.05, 4.69) is 10.6 Å². The molecule has 0 spiro atoms. The van der Waals surface area contributed by atoms with E-state index in [9.17, 15) is 4.79 Å². The highest BCUT2D eigenvalue weighted by Gasteiger charge is 2.30. The van der Waals surface area contributed by atoms with Crippen molar-refractivity contribution >= 4 is 17.3 Å². The molecule has 5 nitrogen and oxygen atoms in total. The average molecular weight is 289 g/mol. The van der Waals surface area contributed by atoms with Gasteiger partial charge in [0.1, 0.15) is 6.04 Å². The van der Waals surface area contributed by atoms with Gasteiger partial charge in [-0.15, -0.1) is 0 Å². The molecule has 5 heteroatoms. The Hall–Kier alpha value is -1.75. The lowest BCUT2D eigenvalue weighted by Gasteiger charge is -2.36. The molecule has 2 heterocycles. The van der Waals surface area contributed by atoms with Gasteiger partial charge in [0, 0.05) is 33.4 Å². The molecule has 0 aromatic heterocycles. The van der Waals surface area contributed by atoms with Crippen LogP contribution >= 0.6 is 0 Å². The number of methoxy groups -OCH3 is 1. The maximum atomic E-state index is 12.6. The molecule has 0 radical (unpaired) electrons. The maximum Gasteiger partial charge on any atom is 0.246 e. The van der Waals surface area contributed by atoms with Crippen LogP contribution in [0.3, 0.4) is 0 Å². The lowest BCUT2D eigenvalue weighted by molar-refractivity contribution is -0.133. The van der Waals surface area contributed by atoms with Gasteiger partial charge >= 0.3 is 0 Å². The molecule has 0 bridgehead atoms. The van der Waals surface area contributed by atoms with E-state index in [0.29, 0.717) is 12.5 Å². The zero-order valence-corrected chi connectivity index (χ0v) is 12.5. The van der Waals surface area contributed by atoms with Crippen molar-refractivity contribution in [2.24, 2.45) is 5.92 Å². The second-order valence-corrected chi connectivity index (χ2v) is 5.85. The summed E-state index contributed by atoms with van der Waals surface area (Å²) in [6.07, 6.45) is 2.08. The summed E-state index contributed by atoms with van der Waals surface area (Å²) in [5.41, 5.74) is 2.08. The van der Waals surface area contributed by atoms with Crippen LogP contribution in [0.15, 0.2) is 24.3 Å². The fourth-order valence-electron chi connectivity index (χ4n) is 3.14. The van der Waals surface area contributed by atoms with E-state index in [4.69, 9.17) is 4.74 Å². The summed E-state index contributed by atoms with van der Waals surface area (Å²) in [5.74, 6) is 0.796. The second kappa shape index (κ2) is 6.35. The molecule has 1 aromatic rings. The van der Waals surface area contributed by atoms with E-state index in [0.717, 1.165) is 43.9 Å². The van der Waals surface area contributed by atoms with Crippen molar-refractivity contribution in [1.29, 1.82) is 0 Å². The van der Waals surface area contributed by atoms with E-state index >= 15 is 0 Å². The van der Waals surface area contributed by atoms with E-state index in [-0.39, 0.29) is 11.9 Å². The number of anilines is 2.